The molecule has 0 fully saturated rings. The van der Waals surface area contributed by atoms with Gasteiger partial charge < -0.3 is 11.1 Å². The van der Waals surface area contributed by atoms with Crippen molar-refractivity contribution in [1.82, 2.24) is 5.32 Å². The minimum Gasteiger partial charge on any atom is -0.354 e. The minimum absolute atomic E-state index is 0.0865. The number of carbonyl (C=O) groups is 1. The maximum absolute atomic E-state index is 11.5. The largest absolute Gasteiger partial charge is 0.354 e. The van der Waals surface area contributed by atoms with Gasteiger partial charge in [-0.15, -0.1) is 0 Å². The highest BCUT2D eigenvalue weighted by molar-refractivity contribution is 5.81. The summed E-state index contributed by atoms with van der Waals surface area (Å²) in [5.74, 6) is -0.103. The molecule has 0 aromatic heterocycles. The van der Waals surface area contributed by atoms with E-state index in [9.17, 15) is 4.79 Å². The molecule has 0 heterocycles. The highest BCUT2D eigenvalue weighted by atomic mass is 16.2. The topological polar surface area (TPSA) is 55.1 Å². The van der Waals surface area contributed by atoms with Crippen molar-refractivity contribution in [2.75, 3.05) is 6.54 Å². The fourth-order valence-corrected chi connectivity index (χ4v) is 1.76. The van der Waals surface area contributed by atoms with Gasteiger partial charge in [-0.05, 0) is 24.5 Å². The van der Waals surface area contributed by atoms with E-state index in [4.69, 9.17) is 5.73 Å². The van der Waals surface area contributed by atoms with Gasteiger partial charge in [0.15, 0.2) is 0 Å². The number of nitrogens with two attached hydrogens (primary N) is 1. The standard InChI is InChI=1S/C15H24N2O/c1-5-12-6-8-13(9-7-12)15(3,4)10-17-14(18)11(2)16/h6-9,11H,5,10,16H2,1-4H3,(H,17,18)/t11-/m1/s1. The van der Waals surface area contributed by atoms with Crippen molar-refractivity contribution >= 4 is 5.91 Å². The van der Waals surface area contributed by atoms with Gasteiger partial charge in [-0.3, -0.25) is 4.79 Å². The smallest absolute Gasteiger partial charge is 0.236 e. The van der Waals surface area contributed by atoms with E-state index in [1.54, 1.807) is 6.92 Å². The number of hydrogen-bond donors (Lipinski definition) is 2. The Kier molecular flexibility index (Phi) is 4.91. The molecule has 0 bridgehead atoms. The Hall–Kier alpha value is -1.35. The zero-order valence-corrected chi connectivity index (χ0v) is 11.8. The van der Waals surface area contributed by atoms with E-state index in [2.05, 4.69) is 50.4 Å². The summed E-state index contributed by atoms with van der Waals surface area (Å²) in [6, 6.07) is 8.10. The molecule has 18 heavy (non-hydrogen) atoms. The summed E-state index contributed by atoms with van der Waals surface area (Å²) in [6.45, 7) is 8.67. The van der Waals surface area contributed by atoms with Gasteiger partial charge in [-0.2, -0.15) is 0 Å². The van der Waals surface area contributed by atoms with Crippen molar-refractivity contribution in [3.8, 4) is 0 Å². The highest BCUT2D eigenvalue weighted by Gasteiger charge is 2.21. The van der Waals surface area contributed by atoms with Crippen LogP contribution < -0.4 is 11.1 Å². The van der Waals surface area contributed by atoms with Crippen LogP contribution in [0.3, 0.4) is 0 Å². The first kappa shape index (κ1) is 14.7. The predicted molar refractivity (Wildman–Crippen MR) is 75.5 cm³/mol. The van der Waals surface area contributed by atoms with Crippen molar-refractivity contribution in [2.24, 2.45) is 5.73 Å². The third-order valence-corrected chi connectivity index (χ3v) is 3.26. The second-order valence-corrected chi connectivity index (χ2v) is 5.44. The maximum Gasteiger partial charge on any atom is 0.236 e. The average Bonchev–Trinajstić information content (AvgIpc) is 2.36. The number of nitrogens with one attached hydrogen (secondary N) is 1. The van der Waals surface area contributed by atoms with E-state index in [1.807, 2.05) is 0 Å². The summed E-state index contributed by atoms with van der Waals surface area (Å²) in [7, 11) is 0. The molecule has 0 aliphatic carbocycles. The molecule has 1 aromatic rings. The Bertz CT molecular complexity index is 393. The molecule has 0 spiro atoms. The molecule has 3 N–H and O–H groups in total. The molecule has 0 saturated carbocycles. The van der Waals surface area contributed by atoms with Crippen LogP contribution in [0.5, 0.6) is 0 Å². The molecule has 100 valence electrons. The fourth-order valence-electron chi connectivity index (χ4n) is 1.76. The first-order valence-corrected chi connectivity index (χ1v) is 6.49. The van der Waals surface area contributed by atoms with Gasteiger partial charge >= 0.3 is 0 Å². The van der Waals surface area contributed by atoms with Crippen molar-refractivity contribution < 1.29 is 4.79 Å². The van der Waals surface area contributed by atoms with Gasteiger partial charge in [-0.1, -0.05) is 45.0 Å². The summed E-state index contributed by atoms with van der Waals surface area (Å²) in [5, 5.41) is 2.89. The van der Waals surface area contributed by atoms with Crippen LogP contribution in [-0.4, -0.2) is 18.5 Å². The number of aryl methyl sites for hydroxylation is 1. The number of benzene rings is 1. The lowest BCUT2D eigenvalue weighted by Crippen LogP contribution is -2.43. The lowest BCUT2D eigenvalue weighted by molar-refractivity contribution is -0.122. The molecule has 3 heteroatoms. The van der Waals surface area contributed by atoms with E-state index < -0.39 is 6.04 Å². The van der Waals surface area contributed by atoms with Gasteiger partial charge in [0, 0.05) is 12.0 Å². The summed E-state index contributed by atoms with van der Waals surface area (Å²) in [5.41, 5.74) is 8.00. The van der Waals surface area contributed by atoms with E-state index in [0.717, 1.165) is 6.42 Å². The average molecular weight is 248 g/mol. The number of amides is 1. The SMILES string of the molecule is CCc1ccc(C(C)(C)CNC(=O)[C@@H](C)N)cc1. The van der Waals surface area contributed by atoms with Crippen molar-refractivity contribution in [3.63, 3.8) is 0 Å². The second-order valence-electron chi connectivity index (χ2n) is 5.44. The normalized spacial score (nSPS) is 13.2. The summed E-state index contributed by atoms with van der Waals surface area (Å²) < 4.78 is 0. The van der Waals surface area contributed by atoms with Crippen LogP contribution in [0.1, 0.15) is 38.8 Å². The third kappa shape index (κ3) is 3.84. The van der Waals surface area contributed by atoms with Crippen molar-refractivity contribution in [1.29, 1.82) is 0 Å². The monoisotopic (exact) mass is 248 g/mol. The van der Waals surface area contributed by atoms with Gasteiger partial charge in [-0.25, -0.2) is 0 Å². The zero-order valence-electron chi connectivity index (χ0n) is 11.8. The molecule has 1 rings (SSSR count). The quantitative estimate of drug-likeness (QED) is 0.837. The Balaban J connectivity index is 2.69. The number of rotatable bonds is 5. The van der Waals surface area contributed by atoms with Crippen LogP contribution in [0.25, 0.3) is 0 Å². The number of carbonyl (C=O) groups excluding carboxylic acids is 1. The van der Waals surface area contributed by atoms with Crippen LogP contribution in [-0.2, 0) is 16.6 Å². The van der Waals surface area contributed by atoms with E-state index >= 15 is 0 Å². The second kappa shape index (κ2) is 6.01. The van der Waals surface area contributed by atoms with Crippen LogP contribution in [0.4, 0.5) is 0 Å². The maximum atomic E-state index is 11.5. The Labute approximate surface area is 110 Å². The Morgan fingerprint density at radius 1 is 1.33 bits per heavy atom. The van der Waals surface area contributed by atoms with E-state index in [1.165, 1.54) is 11.1 Å². The van der Waals surface area contributed by atoms with Crippen LogP contribution in [0, 0.1) is 0 Å². The summed E-state index contributed by atoms with van der Waals surface area (Å²) in [4.78, 5) is 11.5. The van der Waals surface area contributed by atoms with Gasteiger partial charge in [0.05, 0.1) is 6.04 Å². The molecule has 1 atom stereocenters. The molecule has 0 saturated heterocycles. The van der Waals surface area contributed by atoms with Crippen molar-refractivity contribution in [3.05, 3.63) is 35.4 Å². The molecule has 1 aromatic carbocycles. The summed E-state index contributed by atoms with van der Waals surface area (Å²) >= 11 is 0. The molecule has 1 amide bonds. The molecule has 0 aliphatic heterocycles. The predicted octanol–water partition coefficient (Wildman–Crippen LogP) is 1.99. The molecule has 0 radical (unpaired) electrons. The molecule has 0 unspecified atom stereocenters. The third-order valence-electron chi connectivity index (χ3n) is 3.26. The molecular formula is C15H24N2O. The number of hydrogen-bond acceptors (Lipinski definition) is 2. The van der Waals surface area contributed by atoms with E-state index in [-0.39, 0.29) is 11.3 Å². The van der Waals surface area contributed by atoms with Crippen molar-refractivity contribution in [2.45, 2.75) is 45.6 Å². The first-order chi connectivity index (χ1) is 8.36. The Morgan fingerprint density at radius 2 is 1.89 bits per heavy atom. The first-order valence-electron chi connectivity index (χ1n) is 6.49. The van der Waals surface area contributed by atoms with E-state index in [0.29, 0.717) is 6.54 Å². The fraction of sp³-hybridized carbons (Fsp3) is 0.533. The van der Waals surface area contributed by atoms with Crippen LogP contribution >= 0.6 is 0 Å². The summed E-state index contributed by atoms with van der Waals surface area (Å²) in [6.07, 6.45) is 1.04. The lowest BCUT2D eigenvalue weighted by Gasteiger charge is -2.26. The van der Waals surface area contributed by atoms with Crippen LogP contribution in [0.2, 0.25) is 0 Å². The van der Waals surface area contributed by atoms with Gasteiger partial charge in [0.1, 0.15) is 0 Å². The lowest BCUT2D eigenvalue weighted by atomic mass is 9.84. The molecule has 3 nitrogen and oxygen atoms in total. The highest BCUT2D eigenvalue weighted by Crippen LogP contribution is 2.22. The van der Waals surface area contributed by atoms with Gasteiger partial charge in [0.2, 0.25) is 5.91 Å². The van der Waals surface area contributed by atoms with Gasteiger partial charge in [0.25, 0.3) is 0 Å². The Morgan fingerprint density at radius 3 is 2.33 bits per heavy atom. The minimum atomic E-state index is -0.455. The molecular weight excluding hydrogens is 224 g/mol. The molecule has 0 aliphatic rings. The zero-order chi connectivity index (χ0) is 13.8. The van der Waals surface area contributed by atoms with Crippen LogP contribution in [0.15, 0.2) is 24.3 Å².